The predicted octanol–water partition coefficient (Wildman–Crippen LogP) is 4.93. The number of ether oxygens (including phenoxy) is 1. The number of rotatable bonds is 12. The molecule has 1 fully saturated rings. The highest BCUT2D eigenvalue weighted by Crippen LogP contribution is 2.26. The zero-order valence-electron chi connectivity index (χ0n) is 24.0. The van der Waals surface area contributed by atoms with E-state index >= 15 is 0 Å². The van der Waals surface area contributed by atoms with E-state index in [4.69, 9.17) is 4.74 Å². The summed E-state index contributed by atoms with van der Waals surface area (Å²) >= 11 is 0. The number of nitrogens with zero attached hydrogens (tertiary/aromatic N) is 2. The molecule has 1 aliphatic rings. The second-order valence-corrected chi connectivity index (χ2v) is 12.2. The summed E-state index contributed by atoms with van der Waals surface area (Å²) in [7, 11) is -2.50. The molecule has 0 heterocycles. The number of carbonyl (C=O) groups excluding carboxylic acids is 2. The van der Waals surface area contributed by atoms with Crippen LogP contribution in [-0.4, -0.2) is 50.9 Å². The van der Waals surface area contributed by atoms with Crippen molar-refractivity contribution in [1.82, 2.24) is 10.2 Å². The van der Waals surface area contributed by atoms with Crippen molar-refractivity contribution in [2.75, 3.05) is 18.0 Å². The smallest absolute Gasteiger partial charge is 0.264 e. The van der Waals surface area contributed by atoms with E-state index in [2.05, 4.69) is 5.32 Å². The summed E-state index contributed by atoms with van der Waals surface area (Å²) in [5.41, 5.74) is 2.23. The lowest BCUT2D eigenvalue weighted by atomic mass is 10.1. The molecule has 41 heavy (non-hydrogen) atoms. The Balaban J connectivity index is 1.67. The van der Waals surface area contributed by atoms with Gasteiger partial charge in [0.25, 0.3) is 10.0 Å². The number of methoxy groups -OCH3 is 1. The van der Waals surface area contributed by atoms with Gasteiger partial charge in [0.1, 0.15) is 18.3 Å². The topological polar surface area (TPSA) is 96.0 Å². The maximum absolute atomic E-state index is 14.1. The lowest BCUT2D eigenvalue weighted by Crippen LogP contribution is -2.52. The molecule has 2 amide bonds. The summed E-state index contributed by atoms with van der Waals surface area (Å²) in [5, 5.41) is 3.09. The molecule has 1 N–H and O–H groups in total. The second-order valence-electron chi connectivity index (χ2n) is 10.4. The minimum Gasteiger partial charge on any atom is -0.497 e. The van der Waals surface area contributed by atoms with Gasteiger partial charge in [-0.3, -0.25) is 13.9 Å². The van der Waals surface area contributed by atoms with Crippen molar-refractivity contribution in [3.05, 3.63) is 90.0 Å². The molecule has 0 radical (unpaired) electrons. The van der Waals surface area contributed by atoms with Gasteiger partial charge in [-0.2, -0.15) is 0 Å². The number of carbonyl (C=O) groups is 2. The van der Waals surface area contributed by atoms with Gasteiger partial charge in [0.15, 0.2) is 0 Å². The zero-order valence-corrected chi connectivity index (χ0v) is 24.8. The van der Waals surface area contributed by atoms with Gasteiger partial charge in [-0.15, -0.1) is 0 Å². The summed E-state index contributed by atoms with van der Waals surface area (Å²) in [6, 6.07) is 21.8. The number of aryl methyl sites for hydroxylation is 1. The summed E-state index contributed by atoms with van der Waals surface area (Å²) in [6.07, 6.45) is 4.77. The van der Waals surface area contributed by atoms with Crippen molar-refractivity contribution in [3.8, 4) is 5.75 Å². The summed E-state index contributed by atoms with van der Waals surface area (Å²) in [6.45, 7) is 3.39. The predicted molar refractivity (Wildman–Crippen MR) is 160 cm³/mol. The highest BCUT2D eigenvalue weighted by Gasteiger charge is 2.33. The second kappa shape index (κ2) is 13.7. The molecule has 4 rings (SSSR count). The van der Waals surface area contributed by atoms with Gasteiger partial charge in [-0.05, 0) is 73.7 Å². The molecule has 3 aromatic carbocycles. The van der Waals surface area contributed by atoms with Crippen LogP contribution in [0.5, 0.6) is 5.75 Å². The molecule has 218 valence electrons. The van der Waals surface area contributed by atoms with Crippen molar-refractivity contribution in [2.24, 2.45) is 0 Å². The standard InChI is InChI=1S/C32H39N3O5S/c1-4-25-14-18-28(19-15-25)35(41(38,39)30-12-6-5-7-13-30)23-31(36)34(22-26-16-20-29(40-3)21-17-26)24(2)32(37)33-27-10-8-9-11-27/h5-7,12-21,24,27H,4,8-11,22-23H2,1-3H3,(H,33,37). The van der Waals surface area contributed by atoms with Crippen LogP contribution in [0.1, 0.15) is 50.7 Å². The van der Waals surface area contributed by atoms with Crippen molar-refractivity contribution in [1.29, 1.82) is 0 Å². The van der Waals surface area contributed by atoms with Crippen LogP contribution in [0.3, 0.4) is 0 Å². The van der Waals surface area contributed by atoms with E-state index in [9.17, 15) is 18.0 Å². The molecule has 9 heteroatoms. The Morgan fingerprint density at radius 2 is 1.54 bits per heavy atom. The number of benzene rings is 3. The molecular weight excluding hydrogens is 538 g/mol. The molecule has 0 aliphatic heterocycles. The minimum atomic E-state index is -4.08. The number of amides is 2. The molecule has 8 nitrogen and oxygen atoms in total. The quantitative estimate of drug-likeness (QED) is 0.329. The molecule has 3 aromatic rings. The van der Waals surface area contributed by atoms with E-state index in [1.165, 1.54) is 17.0 Å². The first-order valence-electron chi connectivity index (χ1n) is 14.1. The normalized spacial score (nSPS) is 14.3. The third-order valence-corrected chi connectivity index (χ3v) is 9.41. The Bertz CT molecular complexity index is 1400. The zero-order chi connectivity index (χ0) is 29.4. The van der Waals surface area contributed by atoms with E-state index in [1.807, 2.05) is 31.2 Å². The number of nitrogens with one attached hydrogen (secondary N) is 1. The third kappa shape index (κ3) is 7.47. The number of anilines is 1. The molecular formula is C32H39N3O5S. The molecule has 0 bridgehead atoms. The van der Waals surface area contributed by atoms with Gasteiger partial charge in [-0.25, -0.2) is 8.42 Å². The molecule has 1 atom stereocenters. The maximum Gasteiger partial charge on any atom is 0.264 e. The monoisotopic (exact) mass is 577 g/mol. The van der Waals surface area contributed by atoms with Gasteiger partial charge in [0.2, 0.25) is 11.8 Å². The van der Waals surface area contributed by atoms with Crippen molar-refractivity contribution >= 4 is 27.5 Å². The summed E-state index contributed by atoms with van der Waals surface area (Å²) in [4.78, 5) is 28.9. The summed E-state index contributed by atoms with van der Waals surface area (Å²) in [5.74, 6) is -0.0493. The number of sulfonamides is 1. The third-order valence-electron chi connectivity index (χ3n) is 7.62. The van der Waals surface area contributed by atoms with E-state index in [1.54, 1.807) is 56.5 Å². The number of hydrogen-bond donors (Lipinski definition) is 1. The van der Waals surface area contributed by atoms with E-state index in [0.717, 1.165) is 47.5 Å². The Kier molecular flexibility index (Phi) is 10.0. The first-order chi connectivity index (χ1) is 19.7. The Morgan fingerprint density at radius 1 is 0.927 bits per heavy atom. The summed E-state index contributed by atoms with van der Waals surface area (Å²) < 4.78 is 34.1. The van der Waals surface area contributed by atoms with Crippen LogP contribution in [0.25, 0.3) is 0 Å². The minimum absolute atomic E-state index is 0.0843. The molecule has 0 saturated heterocycles. The van der Waals surface area contributed by atoms with Crippen LogP contribution in [-0.2, 0) is 32.6 Å². The lowest BCUT2D eigenvalue weighted by Gasteiger charge is -2.32. The highest BCUT2D eigenvalue weighted by molar-refractivity contribution is 7.92. The van der Waals surface area contributed by atoms with Gasteiger partial charge >= 0.3 is 0 Å². The fraction of sp³-hybridized carbons (Fsp3) is 0.375. The lowest BCUT2D eigenvalue weighted by molar-refractivity contribution is -0.139. The maximum atomic E-state index is 14.1. The molecule has 0 spiro atoms. The van der Waals surface area contributed by atoms with Crippen LogP contribution < -0.4 is 14.4 Å². The SMILES string of the molecule is CCc1ccc(N(CC(=O)N(Cc2ccc(OC)cc2)C(C)C(=O)NC2CCCC2)S(=O)(=O)c2ccccc2)cc1. The first kappa shape index (κ1) is 30.1. The van der Waals surface area contributed by atoms with Crippen molar-refractivity contribution in [3.63, 3.8) is 0 Å². The Morgan fingerprint density at radius 3 is 2.12 bits per heavy atom. The number of hydrogen-bond acceptors (Lipinski definition) is 5. The van der Waals surface area contributed by atoms with Crippen molar-refractivity contribution in [2.45, 2.75) is 69.5 Å². The first-order valence-corrected chi connectivity index (χ1v) is 15.6. The average Bonchev–Trinajstić information content (AvgIpc) is 3.52. The molecule has 1 saturated carbocycles. The molecule has 0 aromatic heterocycles. The van der Waals surface area contributed by atoms with Gasteiger partial charge in [-0.1, -0.05) is 62.2 Å². The van der Waals surface area contributed by atoms with E-state index in [-0.39, 0.29) is 23.4 Å². The Labute approximate surface area is 243 Å². The fourth-order valence-corrected chi connectivity index (χ4v) is 6.48. The van der Waals surface area contributed by atoms with Gasteiger partial charge in [0, 0.05) is 12.6 Å². The fourth-order valence-electron chi connectivity index (χ4n) is 5.05. The molecule has 1 aliphatic carbocycles. The van der Waals surface area contributed by atoms with Gasteiger partial charge in [0.05, 0.1) is 17.7 Å². The van der Waals surface area contributed by atoms with Gasteiger partial charge < -0.3 is 15.0 Å². The van der Waals surface area contributed by atoms with E-state index < -0.39 is 28.5 Å². The van der Waals surface area contributed by atoms with Crippen LogP contribution in [0.2, 0.25) is 0 Å². The van der Waals surface area contributed by atoms with Crippen LogP contribution in [0.4, 0.5) is 5.69 Å². The largest absolute Gasteiger partial charge is 0.497 e. The average molecular weight is 578 g/mol. The van der Waals surface area contributed by atoms with Crippen LogP contribution >= 0.6 is 0 Å². The molecule has 1 unspecified atom stereocenters. The highest BCUT2D eigenvalue weighted by atomic mass is 32.2. The van der Waals surface area contributed by atoms with Crippen molar-refractivity contribution < 1.29 is 22.7 Å². The van der Waals surface area contributed by atoms with E-state index in [0.29, 0.717) is 11.4 Å². The van der Waals surface area contributed by atoms with Crippen LogP contribution in [0.15, 0.2) is 83.8 Å². The van der Waals surface area contributed by atoms with Crippen LogP contribution in [0, 0.1) is 0 Å². The Hall–Kier alpha value is -3.85.